The van der Waals surface area contributed by atoms with Crippen LogP contribution in [0.3, 0.4) is 0 Å². The van der Waals surface area contributed by atoms with Crippen LogP contribution in [-0.4, -0.2) is 44.2 Å². The molecule has 1 aromatic heterocycles. The maximum Gasteiger partial charge on any atom is 0.258 e. The van der Waals surface area contributed by atoms with Gasteiger partial charge in [-0.15, -0.1) is 0 Å². The molecule has 26 heavy (non-hydrogen) atoms. The van der Waals surface area contributed by atoms with Gasteiger partial charge in [-0.1, -0.05) is 6.42 Å². The number of rotatable bonds is 8. The lowest BCUT2D eigenvalue weighted by Gasteiger charge is -2.34. The zero-order valence-corrected chi connectivity index (χ0v) is 16.0. The highest BCUT2D eigenvalue weighted by Gasteiger charge is 2.23. The van der Waals surface area contributed by atoms with E-state index in [4.69, 9.17) is 9.47 Å². The molecule has 140 valence electrons. The third-order valence-electron chi connectivity index (χ3n) is 4.68. The Kier molecular flexibility index (Phi) is 6.91. The van der Waals surface area contributed by atoms with Gasteiger partial charge in [-0.2, -0.15) is 11.3 Å². The summed E-state index contributed by atoms with van der Waals surface area (Å²) in [7, 11) is 1.62. The van der Waals surface area contributed by atoms with Crippen LogP contribution in [0.1, 0.15) is 30.9 Å². The predicted molar refractivity (Wildman–Crippen MR) is 104 cm³/mol. The Morgan fingerprint density at radius 1 is 1.15 bits per heavy atom. The first-order valence-electron chi connectivity index (χ1n) is 9.06. The largest absolute Gasteiger partial charge is 0.497 e. The molecular weight excluding hydrogens is 348 g/mol. The molecule has 1 aliphatic rings. The Morgan fingerprint density at radius 2 is 1.88 bits per heavy atom. The molecule has 1 amide bonds. The summed E-state index contributed by atoms with van der Waals surface area (Å²) >= 11 is 1.70. The van der Waals surface area contributed by atoms with E-state index in [1.807, 2.05) is 12.1 Å². The number of ether oxygens (including phenoxy) is 2. The zero-order chi connectivity index (χ0) is 18.2. The summed E-state index contributed by atoms with van der Waals surface area (Å²) in [6, 6.07) is 9.63. The lowest BCUT2D eigenvalue weighted by Crippen LogP contribution is -2.41. The summed E-state index contributed by atoms with van der Waals surface area (Å²) < 4.78 is 10.7. The van der Waals surface area contributed by atoms with Crippen molar-refractivity contribution in [3.63, 3.8) is 0 Å². The highest BCUT2D eigenvalue weighted by molar-refractivity contribution is 7.07. The van der Waals surface area contributed by atoms with Crippen molar-refractivity contribution in [2.24, 2.45) is 0 Å². The number of carbonyl (C=O) groups excluding carboxylic acids is 1. The minimum atomic E-state index is -0.0990. The fourth-order valence-electron chi connectivity index (χ4n) is 3.23. The third-order valence-corrected chi connectivity index (χ3v) is 5.38. The molecule has 0 aliphatic carbocycles. The molecule has 2 heterocycles. The van der Waals surface area contributed by atoms with Gasteiger partial charge < -0.3 is 14.8 Å². The Balaban J connectivity index is 1.50. The Hall–Kier alpha value is -2.05. The lowest BCUT2D eigenvalue weighted by molar-refractivity contribution is -0.123. The van der Waals surface area contributed by atoms with Crippen LogP contribution in [0.5, 0.6) is 11.5 Å². The Bertz CT molecular complexity index is 667. The normalized spacial score (nSPS) is 16.0. The minimum Gasteiger partial charge on any atom is -0.497 e. The molecule has 6 heteroatoms. The van der Waals surface area contributed by atoms with Crippen molar-refractivity contribution in [1.82, 2.24) is 10.2 Å². The van der Waals surface area contributed by atoms with E-state index in [-0.39, 0.29) is 18.6 Å². The average molecular weight is 375 g/mol. The van der Waals surface area contributed by atoms with Crippen molar-refractivity contribution in [3.8, 4) is 11.5 Å². The number of nitrogens with one attached hydrogen (secondary N) is 1. The van der Waals surface area contributed by atoms with E-state index in [0.29, 0.717) is 12.3 Å². The maximum absolute atomic E-state index is 12.2. The molecule has 1 fully saturated rings. The second-order valence-electron chi connectivity index (χ2n) is 6.44. The molecule has 0 bridgehead atoms. The number of hydrogen-bond donors (Lipinski definition) is 1. The van der Waals surface area contributed by atoms with Gasteiger partial charge in [0, 0.05) is 6.54 Å². The second-order valence-corrected chi connectivity index (χ2v) is 7.22. The van der Waals surface area contributed by atoms with Crippen molar-refractivity contribution in [2.75, 3.05) is 33.4 Å². The first-order valence-corrected chi connectivity index (χ1v) is 10.0. The van der Waals surface area contributed by atoms with Gasteiger partial charge in [0.15, 0.2) is 6.61 Å². The second kappa shape index (κ2) is 9.59. The summed E-state index contributed by atoms with van der Waals surface area (Å²) in [5, 5.41) is 7.31. The SMILES string of the molecule is COc1ccc(OCC(=O)NCC(c2ccsc2)N2CCCCC2)cc1. The van der Waals surface area contributed by atoms with Gasteiger partial charge in [-0.3, -0.25) is 9.69 Å². The Labute approximate surface area is 158 Å². The van der Waals surface area contributed by atoms with Gasteiger partial charge in [0.05, 0.1) is 13.2 Å². The molecule has 5 nitrogen and oxygen atoms in total. The summed E-state index contributed by atoms with van der Waals surface area (Å²) in [6.45, 7) is 2.82. The predicted octanol–water partition coefficient (Wildman–Crippen LogP) is 3.48. The number of nitrogens with zero attached hydrogens (tertiary/aromatic N) is 1. The molecule has 0 spiro atoms. The number of likely N-dealkylation sites (tertiary alicyclic amines) is 1. The van der Waals surface area contributed by atoms with E-state index < -0.39 is 0 Å². The molecular formula is C20H26N2O3S. The fourth-order valence-corrected chi connectivity index (χ4v) is 3.94. The zero-order valence-electron chi connectivity index (χ0n) is 15.1. The highest BCUT2D eigenvalue weighted by atomic mass is 32.1. The smallest absolute Gasteiger partial charge is 0.258 e. The van der Waals surface area contributed by atoms with Crippen molar-refractivity contribution >= 4 is 17.2 Å². The summed E-state index contributed by atoms with van der Waals surface area (Å²) in [5.41, 5.74) is 1.29. The van der Waals surface area contributed by atoms with Crippen LogP contribution >= 0.6 is 11.3 Å². The quantitative estimate of drug-likeness (QED) is 0.769. The third kappa shape index (κ3) is 5.22. The van der Waals surface area contributed by atoms with Gasteiger partial charge in [0.2, 0.25) is 0 Å². The number of thiophene rings is 1. The summed E-state index contributed by atoms with van der Waals surface area (Å²) in [5.74, 6) is 1.33. The van der Waals surface area contributed by atoms with Crippen molar-refractivity contribution in [1.29, 1.82) is 0 Å². The number of carbonyl (C=O) groups is 1. The van der Waals surface area contributed by atoms with Crippen LogP contribution in [0, 0.1) is 0 Å². The van der Waals surface area contributed by atoms with Gasteiger partial charge in [0.25, 0.3) is 5.91 Å². The van der Waals surface area contributed by atoms with Crippen LogP contribution in [0.2, 0.25) is 0 Å². The minimum absolute atomic E-state index is 0.0166. The van der Waals surface area contributed by atoms with Gasteiger partial charge in [-0.25, -0.2) is 0 Å². The van der Waals surface area contributed by atoms with E-state index in [1.54, 1.807) is 30.6 Å². The van der Waals surface area contributed by atoms with Crippen LogP contribution in [0.4, 0.5) is 0 Å². The van der Waals surface area contributed by atoms with E-state index in [2.05, 4.69) is 27.0 Å². The lowest BCUT2D eigenvalue weighted by atomic mass is 10.0. The van der Waals surface area contributed by atoms with Crippen LogP contribution in [0.25, 0.3) is 0 Å². The van der Waals surface area contributed by atoms with E-state index >= 15 is 0 Å². The van der Waals surface area contributed by atoms with E-state index in [0.717, 1.165) is 18.8 Å². The average Bonchev–Trinajstić information content (AvgIpc) is 3.22. The first kappa shape index (κ1) is 18.7. The van der Waals surface area contributed by atoms with Crippen molar-refractivity contribution in [3.05, 3.63) is 46.7 Å². The molecule has 1 atom stereocenters. The van der Waals surface area contributed by atoms with Crippen molar-refractivity contribution < 1.29 is 14.3 Å². The van der Waals surface area contributed by atoms with Gasteiger partial charge >= 0.3 is 0 Å². The molecule has 0 saturated carbocycles. The fraction of sp³-hybridized carbons (Fsp3) is 0.450. The number of methoxy groups -OCH3 is 1. The van der Waals surface area contributed by atoms with Crippen LogP contribution in [0.15, 0.2) is 41.1 Å². The van der Waals surface area contributed by atoms with E-state index in [9.17, 15) is 4.79 Å². The number of benzene rings is 1. The molecule has 1 aromatic carbocycles. The molecule has 1 unspecified atom stereocenters. The number of amides is 1. The van der Waals surface area contributed by atoms with Crippen LogP contribution in [-0.2, 0) is 4.79 Å². The van der Waals surface area contributed by atoms with Gasteiger partial charge in [0.1, 0.15) is 11.5 Å². The monoisotopic (exact) mass is 374 g/mol. The molecule has 3 rings (SSSR count). The molecule has 2 aromatic rings. The Morgan fingerprint density at radius 3 is 2.54 bits per heavy atom. The standard InChI is InChI=1S/C20H26N2O3S/c1-24-17-5-7-18(8-6-17)25-14-20(23)21-13-19(16-9-12-26-15-16)22-10-3-2-4-11-22/h5-9,12,15,19H,2-4,10-11,13-14H2,1H3,(H,21,23). The number of piperidine rings is 1. The topological polar surface area (TPSA) is 50.8 Å². The number of hydrogen-bond acceptors (Lipinski definition) is 5. The summed E-state index contributed by atoms with van der Waals surface area (Å²) in [4.78, 5) is 14.7. The van der Waals surface area contributed by atoms with Gasteiger partial charge in [-0.05, 0) is 72.6 Å². The van der Waals surface area contributed by atoms with Crippen molar-refractivity contribution in [2.45, 2.75) is 25.3 Å². The maximum atomic E-state index is 12.2. The molecule has 1 aliphatic heterocycles. The first-order chi connectivity index (χ1) is 12.8. The highest BCUT2D eigenvalue weighted by Crippen LogP contribution is 2.25. The summed E-state index contributed by atoms with van der Waals surface area (Å²) in [6.07, 6.45) is 3.76. The molecule has 1 saturated heterocycles. The van der Waals surface area contributed by atoms with E-state index in [1.165, 1.54) is 24.8 Å². The van der Waals surface area contributed by atoms with Crippen LogP contribution < -0.4 is 14.8 Å². The molecule has 0 radical (unpaired) electrons. The molecule has 1 N–H and O–H groups in total.